The molecule has 0 bridgehead atoms. The van der Waals surface area contributed by atoms with Gasteiger partial charge < -0.3 is 10.2 Å². The third-order valence-corrected chi connectivity index (χ3v) is 6.16. The molecule has 1 heterocycles. The molecule has 0 spiro atoms. The molecule has 0 radical (unpaired) electrons. The Bertz CT molecular complexity index is 405. The van der Waals surface area contributed by atoms with Crippen LogP contribution in [0, 0.1) is 5.92 Å². The minimum Gasteiger partial charge on any atom is -0.314 e. The molecule has 5 nitrogen and oxygen atoms in total. The number of hydrogen-bond acceptors (Lipinski definition) is 4. The standard InChI is InChI=1S/C15H31N3O2S/c1-3-8-16-15-7-5-4-6-14(15)13-17-9-11-18(12-10-17)21(2,19)20/h14-16H,3-13H2,1-2H3. The molecule has 21 heavy (non-hydrogen) atoms. The molecule has 1 N–H and O–H groups in total. The molecule has 0 aromatic rings. The van der Waals surface area contributed by atoms with Crippen molar-refractivity contribution in [2.75, 3.05) is 45.5 Å². The first-order chi connectivity index (χ1) is 10.0. The molecule has 1 aliphatic carbocycles. The van der Waals surface area contributed by atoms with Crippen molar-refractivity contribution in [1.29, 1.82) is 0 Å². The average molecular weight is 317 g/mol. The second kappa shape index (κ2) is 7.90. The summed E-state index contributed by atoms with van der Waals surface area (Å²) in [4.78, 5) is 2.46. The molecule has 1 aliphatic heterocycles. The third kappa shape index (κ3) is 5.20. The van der Waals surface area contributed by atoms with Gasteiger partial charge in [-0.2, -0.15) is 4.31 Å². The lowest BCUT2D eigenvalue weighted by Gasteiger charge is -2.39. The molecule has 2 unspecified atom stereocenters. The van der Waals surface area contributed by atoms with Crippen LogP contribution in [-0.2, 0) is 10.0 Å². The van der Waals surface area contributed by atoms with Gasteiger partial charge in [0.1, 0.15) is 0 Å². The van der Waals surface area contributed by atoms with Crippen molar-refractivity contribution in [1.82, 2.24) is 14.5 Å². The van der Waals surface area contributed by atoms with E-state index in [1.54, 1.807) is 4.31 Å². The van der Waals surface area contributed by atoms with E-state index in [0.29, 0.717) is 19.1 Å². The van der Waals surface area contributed by atoms with Crippen LogP contribution in [0.25, 0.3) is 0 Å². The fraction of sp³-hybridized carbons (Fsp3) is 1.00. The molecule has 1 saturated heterocycles. The number of sulfonamides is 1. The topological polar surface area (TPSA) is 52.6 Å². The highest BCUT2D eigenvalue weighted by Gasteiger charge is 2.29. The maximum atomic E-state index is 11.6. The van der Waals surface area contributed by atoms with Crippen LogP contribution >= 0.6 is 0 Å². The van der Waals surface area contributed by atoms with Crippen molar-refractivity contribution in [3.05, 3.63) is 0 Å². The van der Waals surface area contributed by atoms with E-state index in [2.05, 4.69) is 17.1 Å². The molecule has 2 atom stereocenters. The quantitative estimate of drug-likeness (QED) is 0.798. The summed E-state index contributed by atoms with van der Waals surface area (Å²) < 4.78 is 24.7. The Morgan fingerprint density at radius 1 is 1.10 bits per heavy atom. The molecule has 0 aromatic heterocycles. The van der Waals surface area contributed by atoms with Crippen LogP contribution in [0.15, 0.2) is 0 Å². The second-order valence-electron chi connectivity index (χ2n) is 6.57. The van der Waals surface area contributed by atoms with Crippen LogP contribution in [0.5, 0.6) is 0 Å². The molecule has 124 valence electrons. The first kappa shape index (κ1) is 17.2. The van der Waals surface area contributed by atoms with Gasteiger partial charge in [0.05, 0.1) is 6.26 Å². The first-order valence-electron chi connectivity index (χ1n) is 8.41. The van der Waals surface area contributed by atoms with Gasteiger partial charge >= 0.3 is 0 Å². The normalized spacial score (nSPS) is 29.6. The van der Waals surface area contributed by atoms with E-state index in [1.165, 1.54) is 38.4 Å². The molecule has 6 heteroatoms. The fourth-order valence-electron chi connectivity index (χ4n) is 3.60. The zero-order valence-electron chi connectivity index (χ0n) is 13.6. The van der Waals surface area contributed by atoms with Crippen LogP contribution in [0.1, 0.15) is 39.0 Å². The Labute approximate surface area is 130 Å². The maximum absolute atomic E-state index is 11.6. The van der Waals surface area contributed by atoms with E-state index in [-0.39, 0.29) is 0 Å². The Morgan fingerprint density at radius 2 is 1.76 bits per heavy atom. The van der Waals surface area contributed by atoms with E-state index in [4.69, 9.17) is 0 Å². The van der Waals surface area contributed by atoms with Crippen LogP contribution < -0.4 is 5.32 Å². The van der Waals surface area contributed by atoms with Gasteiger partial charge in [-0.1, -0.05) is 19.8 Å². The van der Waals surface area contributed by atoms with E-state index in [0.717, 1.165) is 32.1 Å². The third-order valence-electron chi connectivity index (χ3n) is 4.86. The van der Waals surface area contributed by atoms with Gasteiger partial charge in [-0.25, -0.2) is 8.42 Å². The lowest BCUT2D eigenvalue weighted by molar-refractivity contribution is 0.132. The zero-order chi connectivity index (χ0) is 15.3. The van der Waals surface area contributed by atoms with Gasteiger partial charge in [0.2, 0.25) is 10.0 Å². The minimum atomic E-state index is -3.01. The predicted octanol–water partition coefficient (Wildman–Crippen LogP) is 1.12. The molecular formula is C15H31N3O2S. The predicted molar refractivity (Wildman–Crippen MR) is 86.9 cm³/mol. The maximum Gasteiger partial charge on any atom is 0.211 e. The SMILES string of the molecule is CCCNC1CCCCC1CN1CCN(S(C)(=O)=O)CC1. The fourth-order valence-corrected chi connectivity index (χ4v) is 4.43. The average Bonchev–Trinajstić information content (AvgIpc) is 2.46. The first-order valence-corrected chi connectivity index (χ1v) is 10.3. The molecule has 2 aliphatic rings. The summed E-state index contributed by atoms with van der Waals surface area (Å²) in [5.41, 5.74) is 0. The highest BCUT2D eigenvalue weighted by Crippen LogP contribution is 2.25. The highest BCUT2D eigenvalue weighted by molar-refractivity contribution is 7.88. The van der Waals surface area contributed by atoms with Gasteiger partial charge in [0, 0.05) is 38.8 Å². The summed E-state index contributed by atoms with van der Waals surface area (Å²) in [6, 6.07) is 0.659. The number of hydrogen-bond donors (Lipinski definition) is 1. The van der Waals surface area contributed by atoms with Crippen molar-refractivity contribution >= 4 is 10.0 Å². The lowest BCUT2D eigenvalue weighted by Crippen LogP contribution is -2.52. The number of piperazine rings is 1. The molecule has 0 amide bonds. The largest absolute Gasteiger partial charge is 0.314 e. The summed E-state index contributed by atoms with van der Waals surface area (Å²) in [5, 5.41) is 3.71. The summed E-state index contributed by atoms with van der Waals surface area (Å²) in [6.45, 7) is 7.52. The van der Waals surface area contributed by atoms with Gasteiger partial charge in [0.25, 0.3) is 0 Å². The van der Waals surface area contributed by atoms with E-state index in [9.17, 15) is 8.42 Å². The summed E-state index contributed by atoms with van der Waals surface area (Å²) in [6.07, 6.45) is 7.81. The van der Waals surface area contributed by atoms with Crippen molar-refractivity contribution in [2.24, 2.45) is 5.92 Å². The molecule has 0 aromatic carbocycles. The van der Waals surface area contributed by atoms with Crippen molar-refractivity contribution in [2.45, 2.75) is 45.1 Å². The Kier molecular flexibility index (Phi) is 6.47. The Balaban J connectivity index is 1.81. The van der Waals surface area contributed by atoms with Gasteiger partial charge in [-0.05, 0) is 31.7 Å². The van der Waals surface area contributed by atoms with Crippen molar-refractivity contribution < 1.29 is 8.42 Å². The van der Waals surface area contributed by atoms with E-state index in [1.807, 2.05) is 0 Å². The highest BCUT2D eigenvalue weighted by atomic mass is 32.2. The summed E-state index contributed by atoms with van der Waals surface area (Å²) in [7, 11) is -3.01. The Hall–Kier alpha value is -0.170. The monoisotopic (exact) mass is 317 g/mol. The smallest absolute Gasteiger partial charge is 0.211 e. The minimum absolute atomic E-state index is 0.651. The van der Waals surface area contributed by atoms with Crippen molar-refractivity contribution in [3.63, 3.8) is 0 Å². The molecule has 2 fully saturated rings. The van der Waals surface area contributed by atoms with Crippen LogP contribution in [0.4, 0.5) is 0 Å². The second-order valence-corrected chi connectivity index (χ2v) is 8.55. The molecule has 1 saturated carbocycles. The molecule has 2 rings (SSSR count). The summed E-state index contributed by atoms with van der Waals surface area (Å²) >= 11 is 0. The Morgan fingerprint density at radius 3 is 2.38 bits per heavy atom. The van der Waals surface area contributed by atoms with Crippen LogP contribution in [0.3, 0.4) is 0 Å². The van der Waals surface area contributed by atoms with Gasteiger partial charge in [-0.3, -0.25) is 0 Å². The van der Waals surface area contributed by atoms with Crippen molar-refractivity contribution in [3.8, 4) is 0 Å². The van der Waals surface area contributed by atoms with Gasteiger partial charge in [0.15, 0.2) is 0 Å². The van der Waals surface area contributed by atoms with Crippen LogP contribution in [0.2, 0.25) is 0 Å². The number of rotatable bonds is 6. The van der Waals surface area contributed by atoms with Crippen LogP contribution in [-0.4, -0.2) is 69.2 Å². The van der Waals surface area contributed by atoms with Gasteiger partial charge in [-0.15, -0.1) is 0 Å². The summed E-state index contributed by atoms with van der Waals surface area (Å²) in [5.74, 6) is 0.732. The molecular weight excluding hydrogens is 286 g/mol. The number of nitrogens with one attached hydrogen (secondary N) is 1. The zero-order valence-corrected chi connectivity index (χ0v) is 14.4. The van der Waals surface area contributed by atoms with E-state index < -0.39 is 10.0 Å². The van der Waals surface area contributed by atoms with E-state index >= 15 is 0 Å². The number of nitrogens with zero attached hydrogens (tertiary/aromatic N) is 2. The lowest BCUT2D eigenvalue weighted by atomic mass is 9.84.